The molecular formula is C13H17NO3S. The van der Waals surface area contributed by atoms with Crippen molar-refractivity contribution >= 4 is 23.2 Å². The Morgan fingerprint density at radius 2 is 2.11 bits per heavy atom. The zero-order chi connectivity index (χ0) is 13.3. The van der Waals surface area contributed by atoms with E-state index in [1.807, 2.05) is 19.9 Å². The van der Waals surface area contributed by atoms with E-state index in [9.17, 15) is 14.7 Å². The van der Waals surface area contributed by atoms with Crippen LogP contribution in [0.3, 0.4) is 0 Å². The first-order valence-corrected chi connectivity index (χ1v) is 6.93. The minimum absolute atomic E-state index is 0.135. The molecule has 18 heavy (non-hydrogen) atoms. The Hall–Kier alpha value is -1.36. The molecule has 0 aromatic carbocycles. The summed E-state index contributed by atoms with van der Waals surface area (Å²) in [5.41, 5.74) is 0.658. The number of likely N-dealkylation sites (tertiary alicyclic amines) is 1. The number of aryl methyl sites for hydroxylation is 2. The summed E-state index contributed by atoms with van der Waals surface area (Å²) < 4.78 is 0. The third-order valence-electron chi connectivity index (χ3n) is 3.32. The molecule has 1 aromatic rings. The highest BCUT2D eigenvalue weighted by Gasteiger charge is 2.33. The first kappa shape index (κ1) is 13.1. The highest BCUT2D eigenvalue weighted by atomic mass is 32.1. The van der Waals surface area contributed by atoms with Crippen LogP contribution >= 0.6 is 11.3 Å². The summed E-state index contributed by atoms with van der Waals surface area (Å²) in [6.45, 7) is 4.41. The van der Waals surface area contributed by atoms with Gasteiger partial charge >= 0.3 is 5.97 Å². The summed E-state index contributed by atoms with van der Waals surface area (Å²) in [6.07, 6.45) is 2.32. The van der Waals surface area contributed by atoms with Crippen molar-refractivity contribution in [2.75, 3.05) is 6.54 Å². The molecule has 1 atom stereocenters. The third kappa shape index (κ3) is 2.41. The molecule has 0 radical (unpaired) electrons. The number of aliphatic carboxylic acids is 1. The van der Waals surface area contributed by atoms with Gasteiger partial charge in [-0.1, -0.05) is 0 Å². The monoisotopic (exact) mass is 267 g/mol. The molecule has 1 amide bonds. The number of carbonyl (C=O) groups is 2. The van der Waals surface area contributed by atoms with Crippen molar-refractivity contribution in [3.8, 4) is 0 Å². The van der Waals surface area contributed by atoms with Crippen LogP contribution < -0.4 is 0 Å². The van der Waals surface area contributed by atoms with Gasteiger partial charge in [-0.15, -0.1) is 11.3 Å². The molecule has 0 spiro atoms. The van der Waals surface area contributed by atoms with E-state index in [-0.39, 0.29) is 5.91 Å². The number of thiophene rings is 1. The van der Waals surface area contributed by atoms with E-state index in [1.165, 1.54) is 4.90 Å². The smallest absolute Gasteiger partial charge is 0.326 e. The number of piperidine rings is 1. The van der Waals surface area contributed by atoms with Crippen LogP contribution in [0.2, 0.25) is 0 Å². The number of carboxylic acid groups (broad SMARTS) is 1. The Labute approximate surface area is 110 Å². The van der Waals surface area contributed by atoms with E-state index in [2.05, 4.69) is 0 Å². The topological polar surface area (TPSA) is 57.6 Å². The Morgan fingerprint density at radius 1 is 1.39 bits per heavy atom. The fourth-order valence-corrected chi connectivity index (χ4v) is 3.35. The van der Waals surface area contributed by atoms with Gasteiger partial charge in [-0.3, -0.25) is 4.79 Å². The van der Waals surface area contributed by atoms with Crippen LogP contribution in [0.5, 0.6) is 0 Å². The van der Waals surface area contributed by atoms with Gasteiger partial charge in [0, 0.05) is 16.3 Å². The van der Waals surface area contributed by atoms with Crippen molar-refractivity contribution in [2.45, 2.75) is 39.2 Å². The number of carboxylic acids is 1. The Balaban J connectivity index is 2.26. The average Bonchev–Trinajstić information content (AvgIpc) is 2.67. The first-order chi connectivity index (χ1) is 8.50. The van der Waals surface area contributed by atoms with Gasteiger partial charge in [0.2, 0.25) is 0 Å². The van der Waals surface area contributed by atoms with Crippen molar-refractivity contribution in [1.82, 2.24) is 4.90 Å². The molecular weight excluding hydrogens is 250 g/mol. The Morgan fingerprint density at radius 3 is 2.67 bits per heavy atom. The van der Waals surface area contributed by atoms with Crippen LogP contribution in [0, 0.1) is 13.8 Å². The molecule has 1 fully saturated rings. The molecule has 2 rings (SSSR count). The molecule has 0 saturated carbocycles. The number of hydrogen-bond acceptors (Lipinski definition) is 3. The van der Waals surface area contributed by atoms with Crippen molar-refractivity contribution < 1.29 is 14.7 Å². The van der Waals surface area contributed by atoms with Gasteiger partial charge in [0.05, 0.1) is 5.56 Å². The molecule has 2 heterocycles. The Kier molecular flexibility index (Phi) is 3.71. The van der Waals surface area contributed by atoms with Gasteiger partial charge in [-0.2, -0.15) is 0 Å². The summed E-state index contributed by atoms with van der Waals surface area (Å²) >= 11 is 1.58. The largest absolute Gasteiger partial charge is 0.480 e. The van der Waals surface area contributed by atoms with Crippen LogP contribution in [-0.2, 0) is 4.79 Å². The summed E-state index contributed by atoms with van der Waals surface area (Å²) in [4.78, 5) is 27.2. The van der Waals surface area contributed by atoms with Crippen molar-refractivity contribution in [3.63, 3.8) is 0 Å². The van der Waals surface area contributed by atoms with Crippen LogP contribution in [0.1, 0.15) is 39.4 Å². The molecule has 1 aliphatic rings. The van der Waals surface area contributed by atoms with Crippen molar-refractivity contribution in [3.05, 3.63) is 21.4 Å². The second kappa shape index (κ2) is 5.10. The molecule has 4 nitrogen and oxygen atoms in total. The lowest BCUT2D eigenvalue weighted by molar-refractivity contribution is -0.143. The predicted octanol–water partition coefficient (Wildman–Crippen LogP) is 2.44. The van der Waals surface area contributed by atoms with Crippen molar-refractivity contribution in [2.24, 2.45) is 0 Å². The maximum Gasteiger partial charge on any atom is 0.326 e. The van der Waals surface area contributed by atoms with E-state index >= 15 is 0 Å². The molecule has 0 bridgehead atoms. The predicted molar refractivity (Wildman–Crippen MR) is 70.1 cm³/mol. The summed E-state index contributed by atoms with van der Waals surface area (Å²) in [6, 6.07) is 1.20. The number of nitrogens with zero attached hydrogens (tertiary/aromatic N) is 1. The summed E-state index contributed by atoms with van der Waals surface area (Å²) in [5.74, 6) is -1.03. The fourth-order valence-electron chi connectivity index (χ4n) is 2.43. The maximum atomic E-state index is 12.4. The molecule has 1 unspecified atom stereocenters. The zero-order valence-electron chi connectivity index (χ0n) is 10.6. The highest BCUT2D eigenvalue weighted by Crippen LogP contribution is 2.25. The van der Waals surface area contributed by atoms with Gasteiger partial charge in [0.1, 0.15) is 6.04 Å². The van der Waals surface area contributed by atoms with Crippen LogP contribution in [0.15, 0.2) is 6.07 Å². The molecule has 0 aliphatic carbocycles. The standard InChI is InChI=1S/C13H17NO3S/c1-8-7-10(9(2)18-8)12(15)14-6-4-3-5-11(14)13(16)17/h7,11H,3-6H2,1-2H3,(H,16,17). The summed E-state index contributed by atoms with van der Waals surface area (Å²) in [7, 11) is 0. The van der Waals surface area contributed by atoms with E-state index < -0.39 is 12.0 Å². The fraction of sp³-hybridized carbons (Fsp3) is 0.538. The Bertz CT molecular complexity index is 481. The highest BCUT2D eigenvalue weighted by molar-refractivity contribution is 7.12. The average molecular weight is 267 g/mol. The van der Waals surface area contributed by atoms with Gasteiger partial charge in [0.25, 0.3) is 5.91 Å². The lowest BCUT2D eigenvalue weighted by Crippen LogP contribution is -2.48. The first-order valence-electron chi connectivity index (χ1n) is 6.11. The third-order valence-corrected chi connectivity index (χ3v) is 4.29. The minimum atomic E-state index is -0.896. The molecule has 5 heteroatoms. The van der Waals surface area contributed by atoms with E-state index in [0.717, 1.165) is 22.6 Å². The van der Waals surface area contributed by atoms with E-state index in [0.29, 0.717) is 18.5 Å². The number of hydrogen-bond donors (Lipinski definition) is 1. The number of carbonyl (C=O) groups excluding carboxylic acids is 1. The molecule has 1 aromatic heterocycles. The quantitative estimate of drug-likeness (QED) is 0.895. The maximum absolute atomic E-state index is 12.4. The van der Waals surface area contributed by atoms with Gasteiger partial charge in [0.15, 0.2) is 0 Å². The zero-order valence-corrected chi connectivity index (χ0v) is 11.4. The van der Waals surface area contributed by atoms with Crippen LogP contribution in [-0.4, -0.2) is 34.5 Å². The normalized spacial score (nSPS) is 19.9. The molecule has 1 aliphatic heterocycles. The molecule has 1 N–H and O–H groups in total. The van der Waals surface area contributed by atoms with Gasteiger partial charge in [-0.05, 0) is 39.2 Å². The number of rotatable bonds is 2. The van der Waals surface area contributed by atoms with Gasteiger partial charge in [-0.25, -0.2) is 4.79 Å². The molecule has 98 valence electrons. The minimum Gasteiger partial charge on any atom is -0.480 e. The van der Waals surface area contributed by atoms with E-state index in [1.54, 1.807) is 11.3 Å². The summed E-state index contributed by atoms with van der Waals surface area (Å²) in [5, 5.41) is 9.19. The second-order valence-corrected chi connectivity index (χ2v) is 6.14. The lowest BCUT2D eigenvalue weighted by atomic mass is 10.0. The van der Waals surface area contributed by atoms with E-state index in [4.69, 9.17) is 0 Å². The van der Waals surface area contributed by atoms with Crippen LogP contribution in [0.25, 0.3) is 0 Å². The molecule has 1 saturated heterocycles. The number of amides is 1. The van der Waals surface area contributed by atoms with Crippen molar-refractivity contribution in [1.29, 1.82) is 0 Å². The van der Waals surface area contributed by atoms with Gasteiger partial charge < -0.3 is 10.0 Å². The second-order valence-electron chi connectivity index (χ2n) is 4.68. The SMILES string of the molecule is Cc1cc(C(=O)N2CCCCC2C(=O)O)c(C)s1. The van der Waals surface area contributed by atoms with Crippen LogP contribution in [0.4, 0.5) is 0 Å². The lowest BCUT2D eigenvalue weighted by Gasteiger charge is -2.32.